The Labute approximate surface area is 200 Å². The second-order valence-corrected chi connectivity index (χ2v) is 9.05. The van der Waals surface area contributed by atoms with Gasteiger partial charge in [0, 0.05) is 58.5 Å². The molecule has 0 aromatic heterocycles. The van der Waals surface area contributed by atoms with E-state index in [0.29, 0.717) is 43.2 Å². The number of nitrogens with zero attached hydrogens (tertiary/aromatic N) is 2. The largest absolute Gasteiger partial charge is 0.491 e. The number of amides is 2. The van der Waals surface area contributed by atoms with Crippen LogP contribution < -0.4 is 10.1 Å². The summed E-state index contributed by atoms with van der Waals surface area (Å²) >= 11 is 0. The predicted molar refractivity (Wildman–Crippen MR) is 129 cm³/mol. The van der Waals surface area contributed by atoms with Crippen molar-refractivity contribution in [2.75, 3.05) is 39.2 Å². The van der Waals surface area contributed by atoms with Gasteiger partial charge >= 0.3 is 0 Å². The predicted octanol–water partition coefficient (Wildman–Crippen LogP) is 3.79. The quantitative estimate of drug-likeness (QED) is 0.735. The molecule has 2 aromatic rings. The summed E-state index contributed by atoms with van der Waals surface area (Å²) in [6, 6.07) is 11.6. The van der Waals surface area contributed by atoms with Gasteiger partial charge in [-0.2, -0.15) is 0 Å². The lowest BCUT2D eigenvalue weighted by Crippen LogP contribution is -2.46. The number of ether oxygens (including phenoxy) is 2. The maximum Gasteiger partial charge on any atom is 0.257 e. The molecular weight excluding hydrogens is 437 g/mol. The number of benzene rings is 2. The van der Waals surface area contributed by atoms with E-state index in [4.69, 9.17) is 9.47 Å². The summed E-state index contributed by atoms with van der Waals surface area (Å²) in [4.78, 5) is 28.6. The second kappa shape index (κ2) is 11.4. The first-order chi connectivity index (χ1) is 16.2. The highest BCUT2D eigenvalue weighted by atomic mass is 19.1. The Hall–Kier alpha value is -2.97. The Balaban J connectivity index is 1.95. The molecule has 1 aliphatic heterocycles. The molecule has 0 spiro atoms. The van der Waals surface area contributed by atoms with Crippen molar-refractivity contribution in [3.8, 4) is 5.75 Å². The molecule has 1 N–H and O–H groups in total. The fourth-order valence-electron chi connectivity index (χ4n) is 4.22. The third-order valence-electron chi connectivity index (χ3n) is 6.17. The highest BCUT2D eigenvalue weighted by Crippen LogP contribution is 2.27. The monoisotopic (exact) mass is 471 g/mol. The molecule has 0 saturated carbocycles. The van der Waals surface area contributed by atoms with Crippen LogP contribution in [0.4, 0.5) is 10.1 Å². The number of rotatable bonds is 4. The number of hydrogen-bond acceptors (Lipinski definition) is 5. The van der Waals surface area contributed by atoms with Crippen molar-refractivity contribution in [3.63, 3.8) is 0 Å². The summed E-state index contributed by atoms with van der Waals surface area (Å²) in [7, 11) is 3.40. The SMILES string of the molecule is CO[C@@H]1CN(C)C(=O)c2ccc(NC(C)=O)cc2OC[C@H](C)N(Cc2cccc(F)c2)C[C@H]1C. The van der Waals surface area contributed by atoms with E-state index in [9.17, 15) is 14.0 Å². The fraction of sp³-hybridized carbons (Fsp3) is 0.462. The van der Waals surface area contributed by atoms with Gasteiger partial charge in [0.2, 0.25) is 5.91 Å². The number of nitrogens with one attached hydrogen (secondary N) is 1. The third kappa shape index (κ3) is 6.55. The highest BCUT2D eigenvalue weighted by molar-refractivity contribution is 5.98. The molecule has 0 fully saturated rings. The highest BCUT2D eigenvalue weighted by Gasteiger charge is 2.28. The van der Waals surface area contributed by atoms with Crippen molar-refractivity contribution < 1.29 is 23.5 Å². The average molecular weight is 472 g/mol. The lowest BCUT2D eigenvalue weighted by molar-refractivity contribution is -0.114. The molecule has 1 aliphatic rings. The van der Waals surface area contributed by atoms with Crippen molar-refractivity contribution in [1.82, 2.24) is 9.80 Å². The Bertz CT molecular complexity index is 1020. The number of hydrogen-bond donors (Lipinski definition) is 1. The zero-order valence-electron chi connectivity index (χ0n) is 20.5. The molecule has 0 radical (unpaired) electrons. The van der Waals surface area contributed by atoms with Crippen molar-refractivity contribution in [2.45, 2.75) is 39.5 Å². The third-order valence-corrected chi connectivity index (χ3v) is 6.17. The first-order valence-electron chi connectivity index (χ1n) is 11.5. The van der Waals surface area contributed by atoms with E-state index in [-0.39, 0.29) is 35.7 Å². The van der Waals surface area contributed by atoms with Crippen LogP contribution in [-0.2, 0) is 16.1 Å². The molecule has 2 amide bonds. The van der Waals surface area contributed by atoms with Gasteiger partial charge < -0.3 is 19.7 Å². The van der Waals surface area contributed by atoms with Gasteiger partial charge in [-0.3, -0.25) is 14.5 Å². The van der Waals surface area contributed by atoms with Crippen LogP contribution in [-0.4, -0.2) is 67.6 Å². The van der Waals surface area contributed by atoms with E-state index in [2.05, 4.69) is 17.1 Å². The van der Waals surface area contributed by atoms with Gasteiger partial charge in [-0.25, -0.2) is 4.39 Å². The van der Waals surface area contributed by atoms with Crippen LogP contribution in [0.1, 0.15) is 36.7 Å². The average Bonchev–Trinajstić information content (AvgIpc) is 2.79. The first kappa shape index (κ1) is 25.6. The number of likely N-dealkylation sites (N-methyl/N-ethyl adjacent to an activating group) is 1. The molecule has 184 valence electrons. The summed E-state index contributed by atoms with van der Waals surface area (Å²) in [5, 5.41) is 2.74. The minimum atomic E-state index is -0.266. The molecule has 3 rings (SSSR count). The van der Waals surface area contributed by atoms with E-state index in [1.165, 1.54) is 13.0 Å². The molecule has 7 nitrogen and oxygen atoms in total. The van der Waals surface area contributed by atoms with Crippen molar-refractivity contribution in [1.29, 1.82) is 0 Å². The van der Waals surface area contributed by atoms with Crippen LogP contribution >= 0.6 is 0 Å². The van der Waals surface area contributed by atoms with Crippen LogP contribution in [0, 0.1) is 11.7 Å². The van der Waals surface area contributed by atoms with Gasteiger partial charge in [0.15, 0.2) is 0 Å². The number of anilines is 1. The summed E-state index contributed by atoms with van der Waals surface area (Å²) in [5.41, 5.74) is 1.85. The van der Waals surface area contributed by atoms with E-state index in [1.54, 1.807) is 49.4 Å². The standard InChI is InChI=1S/C26H34FN3O4/c1-17-13-30(14-20-7-6-8-21(27)11-20)18(2)16-34-24-12-22(28-19(3)31)9-10-23(24)26(32)29(4)15-25(17)33-5/h6-12,17-18,25H,13-16H2,1-5H3,(H,28,31)/t17-,18+,25-/m1/s1. The van der Waals surface area contributed by atoms with E-state index in [0.717, 1.165) is 5.56 Å². The van der Waals surface area contributed by atoms with E-state index < -0.39 is 0 Å². The van der Waals surface area contributed by atoms with Crippen molar-refractivity contribution in [3.05, 3.63) is 59.4 Å². The van der Waals surface area contributed by atoms with Crippen LogP contribution in [0.25, 0.3) is 0 Å². The van der Waals surface area contributed by atoms with Gasteiger partial charge in [0.25, 0.3) is 5.91 Å². The smallest absolute Gasteiger partial charge is 0.257 e. The normalized spacial score (nSPS) is 22.2. The Kier molecular flexibility index (Phi) is 8.63. The Morgan fingerprint density at radius 2 is 1.97 bits per heavy atom. The lowest BCUT2D eigenvalue weighted by Gasteiger charge is -2.36. The Morgan fingerprint density at radius 1 is 1.21 bits per heavy atom. The van der Waals surface area contributed by atoms with E-state index in [1.807, 2.05) is 13.0 Å². The van der Waals surface area contributed by atoms with Gasteiger partial charge in [0.05, 0.1) is 11.7 Å². The molecule has 0 saturated heterocycles. The van der Waals surface area contributed by atoms with Crippen LogP contribution in [0.3, 0.4) is 0 Å². The zero-order valence-corrected chi connectivity index (χ0v) is 20.5. The van der Waals surface area contributed by atoms with Crippen LogP contribution in [0.15, 0.2) is 42.5 Å². The van der Waals surface area contributed by atoms with Crippen molar-refractivity contribution >= 4 is 17.5 Å². The molecule has 3 atom stereocenters. The van der Waals surface area contributed by atoms with Gasteiger partial charge in [-0.05, 0) is 42.7 Å². The minimum absolute atomic E-state index is 0.0345. The molecule has 2 aromatic carbocycles. The zero-order chi connectivity index (χ0) is 24.8. The lowest BCUT2D eigenvalue weighted by atomic mass is 10.0. The topological polar surface area (TPSA) is 71.1 Å². The molecule has 0 unspecified atom stereocenters. The van der Waals surface area contributed by atoms with Crippen LogP contribution in [0.5, 0.6) is 5.75 Å². The summed E-state index contributed by atoms with van der Waals surface area (Å²) in [6.45, 7) is 7.52. The van der Waals surface area contributed by atoms with Gasteiger partial charge in [-0.15, -0.1) is 0 Å². The second-order valence-electron chi connectivity index (χ2n) is 9.05. The number of methoxy groups -OCH3 is 1. The number of carbonyl (C=O) groups is 2. The molecule has 8 heteroatoms. The summed E-state index contributed by atoms with van der Waals surface area (Å²) in [6.07, 6.45) is -0.182. The molecule has 0 aliphatic carbocycles. The van der Waals surface area contributed by atoms with Crippen molar-refractivity contribution in [2.24, 2.45) is 5.92 Å². The summed E-state index contributed by atoms with van der Waals surface area (Å²) in [5.74, 6) is -0.134. The van der Waals surface area contributed by atoms with Gasteiger partial charge in [0.1, 0.15) is 18.2 Å². The molecule has 34 heavy (non-hydrogen) atoms. The summed E-state index contributed by atoms with van der Waals surface area (Å²) < 4.78 is 25.7. The van der Waals surface area contributed by atoms with E-state index >= 15 is 0 Å². The maximum absolute atomic E-state index is 13.8. The first-order valence-corrected chi connectivity index (χ1v) is 11.5. The maximum atomic E-state index is 13.8. The Morgan fingerprint density at radius 3 is 2.65 bits per heavy atom. The molecular formula is C26H34FN3O4. The minimum Gasteiger partial charge on any atom is -0.491 e. The number of carbonyl (C=O) groups excluding carboxylic acids is 2. The molecule has 1 heterocycles. The number of fused-ring (bicyclic) bond motifs is 1. The van der Waals surface area contributed by atoms with Crippen LogP contribution in [0.2, 0.25) is 0 Å². The fourth-order valence-corrected chi connectivity index (χ4v) is 4.22. The number of halogens is 1. The van der Waals surface area contributed by atoms with Gasteiger partial charge in [-0.1, -0.05) is 19.1 Å². The molecule has 0 bridgehead atoms.